The van der Waals surface area contributed by atoms with Crippen molar-refractivity contribution in [2.75, 3.05) is 33.5 Å². The lowest BCUT2D eigenvalue weighted by Crippen LogP contribution is -2.43. The summed E-state index contributed by atoms with van der Waals surface area (Å²) in [4.78, 5) is 11.9. The van der Waals surface area contributed by atoms with Gasteiger partial charge in [-0.25, -0.2) is 4.79 Å². The van der Waals surface area contributed by atoms with E-state index in [0.29, 0.717) is 19.8 Å². The summed E-state index contributed by atoms with van der Waals surface area (Å²) >= 11 is 0. The Morgan fingerprint density at radius 2 is 1.79 bits per heavy atom. The van der Waals surface area contributed by atoms with Crippen molar-refractivity contribution in [3.05, 3.63) is 35.9 Å². The predicted molar refractivity (Wildman–Crippen MR) is 71.6 cm³/mol. The number of hydrogen-bond donors (Lipinski definition) is 1. The lowest BCUT2D eigenvalue weighted by atomic mass is 9.93. The van der Waals surface area contributed by atoms with Gasteiger partial charge in [-0.2, -0.15) is 0 Å². The monoisotopic (exact) mass is 267 g/mol. The lowest BCUT2D eigenvalue weighted by molar-refractivity contribution is -0.151. The number of rotatable bonds is 8. The van der Waals surface area contributed by atoms with E-state index in [2.05, 4.69) is 0 Å². The van der Waals surface area contributed by atoms with Gasteiger partial charge in [0, 0.05) is 7.11 Å². The Labute approximate surface area is 113 Å². The molecule has 0 saturated carbocycles. The van der Waals surface area contributed by atoms with Crippen molar-refractivity contribution >= 4 is 5.97 Å². The third-order valence-corrected chi connectivity index (χ3v) is 2.69. The number of hydrogen-bond acceptors (Lipinski definition) is 5. The molecule has 106 valence electrons. The highest BCUT2D eigenvalue weighted by Crippen LogP contribution is 2.18. The van der Waals surface area contributed by atoms with Crippen LogP contribution in [0.3, 0.4) is 0 Å². The molecule has 0 aliphatic rings. The van der Waals surface area contributed by atoms with Crippen molar-refractivity contribution in [1.82, 2.24) is 0 Å². The van der Waals surface area contributed by atoms with E-state index in [1.165, 1.54) is 0 Å². The zero-order chi connectivity index (χ0) is 14.1. The summed E-state index contributed by atoms with van der Waals surface area (Å²) in [5.74, 6) is -0.464. The van der Waals surface area contributed by atoms with Gasteiger partial charge in [0.1, 0.15) is 12.1 Å². The molecule has 1 unspecified atom stereocenters. The van der Waals surface area contributed by atoms with Crippen molar-refractivity contribution in [3.8, 4) is 0 Å². The molecule has 1 rings (SSSR count). The fraction of sp³-hybridized carbons (Fsp3) is 0.500. The van der Waals surface area contributed by atoms with Crippen molar-refractivity contribution in [2.45, 2.75) is 12.5 Å². The van der Waals surface area contributed by atoms with Crippen LogP contribution in [-0.2, 0) is 24.5 Å². The Morgan fingerprint density at radius 1 is 1.16 bits per heavy atom. The van der Waals surface area contributed by atoms with Crippen LogP contribution in [0.4, 0.5) is 0 Å². The Kier molecular flexibility index (Phi) is 6.49. The molecular weight excluding hydrogens is 246 g/mol. The highest BCUT2D eigenvalue weighted by atomic mass is 16.6. The van der Waals surface area contributed by atoms with Crippen LogP contribution in [0, 0.1) is 0 Å². The second-order valence-corrected chi connectivity index (χ2v) is 4.31. The molecule has 5 nitrogen and oxygen atoms in total. The largest absolute Gasteiger partial charge is 0.462 e. The summed E-state index contributed by atoms with van der Waals surface area (Å²) in [5, 5.41) is 0. The van der Waals surface area contributed by atoms with Crippen LogP contribution in [-0.4, -0.2) is 39.5 Å². The summed E-state index contributed by atoms with van der Waals surface area (Å²) in [6.45, 7) is 3.15. The summed E-state index contributed by atoms with van der Waals surface area (Å²) in [7, 11) is 1.60. The Hall–Kier alpha value is -1.43. The minimum atomic E-state index is -1.15. The van der Waals surface area contributed by atoms with Crippen molar-refractivity contribution in [2.24, 2.45) is 5.73 Å². The fourth-order valence-electron chi connectivity index (χ4n) is 1.49. The van der Waals surface area contributed by atoms with Crippen LogP contribution >= 0.6 is 0 Å². The molecule has 1 aromatic carbocycles. The zero-order valence-corrected chi connectivity index (χ0v) is 11.4. The molecule has 1 atom stereocenters. The maximum atomic E-state index is 11.9. The van der Waals surface area contributed by atoms with E-state index in [1.54, 1.807) is 26.2 Å². The SMILES string of the molecule is COCCOCCOC(=O)C(C)(N)c1ccccc1. The highest BCUT2D eigenvalue weighted by molar-refractivity contribution is 5.81. The van der Waals surface area contributed by atoms with E-state index in [9.17, 15) is 4.79 Å². The predicted octanol–water partition coefficient (Wildman–Crippen LogP) is 1.07. The molecule has 0 saturated heterocycles. The summed E-state index contributed by atoms with van der Waals surface area (Å²) in [5.41, 5.74) is 5.59. The van der Waals surface area contributed by atoms with Gasteiger partial charge in [0.2, 0.25) is 0 Å². The summed E-state index contributed by atoms with van der Waals surface area (Å²) in [6, 6.07) is 9.14. The van der Waals surface area contributed by atoms with Gasteiger partial charge in [-0.15, -0.1) is 0 Å². The first-order valence-electron chi connectivity index (χ1n) is 6.17. The number of carbonyl (C=O) groups excluding carboxylic acids is 1. The van der Waals surface area contributed by atoms with Gasteiger partial charge in [0.15, 0.2) is 0 Å². The average molecular weight is 267 g/mol. The highest BCUT2D eigenvalue weighted by Gasteiger charge is 2.31. The number of carbonyl (C=O) groups is 1. The average Bonchev–Trinajstić information content (AvgIpc) is 2.43. The zero-order valence-electron chi connectivity index (χ0n) is 11.4. The Bertz CT molecular complexity index is 378. The lowest BCUT2D eigenvalue weighted by Gasteiger charge is -2.22. The first-order chi connectivity index (χ1) is 9.09. The molecule has 0 aromatic heterocycles. The topological polar surface area (TPSA) is 70.8 Å². The van der Waals surface area contributed by atoms with E-state index >= 15 is 0 Å². The fourth-order valence-corrected chi connectivity index (χ4v) is 1.49. The Morgan fingerprint density at radius 3 is 2.42 bits per heavy atom. The van der Waals surface area contributed by atoms with E-state index < -0.39 is 11.5 Å². The molecule has 5 heteroatoms. The van der Waals surface area contributed by atoms with E-state index in [0.717, 1.165) is 5.56 Å². The van der Waals surface area contributed by atoms with Gasteiger partial charge in [-0.3, -0.25) is 0 Å². The van der Waals surface area contributed by atoms with Crippen LogP contribution in [0.2, 0.25) is 0 Å². The normalized spacial score (nSPS) is 13.8. The van der Waals surface area contributed by atoms with Gasteiger partial charge >= 0.3 is 5.97 Å². The van der Waals surface area contributed by atoms with Crippen LogP contribution in [0.1, 0.15) is 12.5 Å². The molecule has 0 fully saturated rings. The third kappa shape index (κ3) is 4.98. The number of methoxy groups -OCH3 is 1. The third-order valence-electron chi connectivity index (χ3n) is 2.69. The molecular formula is C14H21NO4. The molecule has 0 aliphatic heterocycles. The minimum absolute atomic E-state index is 0.183. The van der Waals surface area contributed by atoms with Crippen LogP contribution in [0.25, 0.3) is 0 Å². The quantitative estimate of drug-likeness (QED) is 0.563. The standard InChI is InChI=1S/C14H21NO4/c1-14(15,12-6-4-3-5-7-12)13(16)19-11-10-18-9-8-17-2/h3-7H,8-11,15H2,1-2H3. The molecule has 0 bridgehead atoms. The van der Waals surface area contributed by atoms with Gasteiger partial charge < -0.3 is 19.9 Å². The summed E-state index contributed by atoms with van der Waals surface area (Å²) < 4.78 is 15.1. The number of benzene rings is 1. The minimum Gasteiger partial charge on any atom is -0.462 e. The maximum absolute atomic E-state index is 11.9. The first-order valence-corrected chi connectivity index (χ1v) is 6.17. The van der Waals surface area contributed by atoms with E-state index in [-0.39, 0.29) is 6.61 Å². The Balaban J connectivity index is 2.36. The second-order valence-electron chi connectivity index (χ2n) is 4.31. The molecule has 2 N–H and O–H groups in total. The molecule has 0 aliphatic carbocycles. The van der Waals surface area contributed by atoms with Gasteiger partial charge in [0.05, 0.1) is 19.8 Å². The van der Waals surface area contributed by atoms with E-state index in [4.69, 9.17) is 19.9 Å². The molecule has 19 heavy (non-hydrogen) atoms. The van der Waals surface area contributed by atoms with E-state index in [1.807, 2.05) is 18.2 Å². The molecule has 0 radical (unpaired) electrons. The van der Waals surface area contributed by atoms with Gasteiger partial charge in [-0.05, 0) is 12.5 Å². The maximum Gasteiger partial charge on any atom is 0.330 e. The number of ether oxygens (including phenoxy) is 3. The second kappa shape index (κ2) is 7.89. The molecule has 0 heterocycles. The molecule has 0 amide bonds. The van der Waals surface area contributed by atoms with Crippen molar-refractivity contribution in [3.63, 3.8) is 0 Å². The van der Waals surface area contributed by atoms with Gasteiger partial charge in [0.25, 0.3) is 0 Å². The number of nitrogens with two attached hydrogens (primary N) is 1. The van der Waals surface area contributed by atoms with Crippen LogP contribution < -0.4 is 5.73 Å². The van der Waals surface area contributed by atoms with Crippen molar-refractivity contribution < 1.29 is 19.0 Å². The van der Waals surface area contributed by atoms with Crippen LogP contribution in [0.5, 0.6) is 0 Å². The molecule has 1 aromatic rings. The first kappa shape index (κ1) is 15.6. The number of esters is 1. The van der Waals surface area contributed by atoms with Crippen LogP contribution in [0.15, 0.2) is 30.3 Å². The molecule has 0 spiro atoms. The summed E-state index contributed by atoms with van der Waals surface area (Å²) in [6.07, 6.45) is 0. The van der Waals surface area contributed by atoms with Crippen molar-refractivity contribution in [1.29, 1.82) is 0 Å². The van der Waals surface area contributed by atoms with Gasteiger partial charge in [-0.1, -0.05) is 30.3 Å². The smallest absolute Gasteiger partial charge is 0.330 e.